The van der Waals surface area contributed by atoms with Gasteiger partial charge in [0, 0.05) is 6.54 Å². The van der Waals surface area contributed by atoms with Crippen molar-refractivity contribution < 1.29 is 5.21 Å². The lowest BCUT2D eigenvalue weighted by Gasteiger charge is -2.19. The van der Waals surface area contributed by atoms with Crippen molar-refractivity contribution in [3.63, 3.8) is 0 Å². The van der Waals surface area contributed by atoms with E-state index in [1.54, 1.807) is 15.4 Å². The lowest BCUT2D eigenvalue weighted by atomic mass is 10.3. The Hall–Kier alpha value is -0.930. The summed E-state index contributed by atoms with van der Waals surface area (Å²) in [5.74, 6) is 0. The molecule has 114 valence electrons. The monoisotopic (exact) mass is 342 g/mol. The van der Waals surface area contributed by atoms with Crippen molar-refractivity contribution >= 4 is 48.1 Å². The van der Waals surface area contributed by atoms with E-state index in [0.29, 0.717) is 6.54 Å². The van der Waals surface area contributed by atoms with Crippen LogP contribution in [0.3, 0.4) is 0 Å². The molecule has 2 N–H and O–H groups in total. The Morgan fingerprint density at radius 3 is 3.00 bits per heavy atom. The third-order valence-electron chi connectivity index (χ3n) is 2.94. The van der Waals surface area contributed by atoms with Crippen LogP contribution in [0.1, 0.15) is 19.8 Å². The molecule has 0 unspecified atom stereocenters. The number of pyridine rings is 1. The number of hydroxylamine groups is 1. The molecule has 0 saturated heterocycles. The van der Waals surface area contributed by atoms with Crippen LogP contribution in [0, 0.1) is 0 Å². The number of rotatable bonds is 6. The molecule has 3 rings (SSSR count). The highest BCUT2D eigenvalue weighted by atomic mass is 32.2. The van der Waals surface area contributed by atoms with Crippen molar-refractivity contribution in [1.29, 1.82) is 0 Å². The van der Waals surface area contributed by atoms with Gasteiger partial charge in [0.1, 0.15) is 5.52 Å². The van der Waals surface area contributed by atoms with Crippen molar-refractivity contribution in [2.45, 2.75) is 19.8 Å². The predicted molar refractivity (Wildman–Crippen MR) is 94.2 cm³/mol. The number of H-pyrrole nitrogens is 1. The number of nitrogens with zero attached hydrogens (tertiary/aromatic N) is 3. The molecule has 0 amide bonds. The topological polar surface area (TPSA) is 57.1 Å². The molecule has 0 aliphatic rings. The highest BCUT2D eigenvalue weighted by molar-refractivity contribution is 7.95. The van der Waals surface area contributed by atoms with Crippen LogP contribution in [0.4, 0.5) is 0 Å². The number of hydrogen-bond donors (Lipinski definition) is 2. The molecule has 0 saturated carbocycles. The van der Waals surface area contributed by atoms with Crippen molar-refractivity contribution in [2.75, 3.05) is 6.54 Å². The van der Waals surface area contributed by atoms with Gasteiger partial charge in [0.05, 0.1) is 22.7 Å². The fraction of sp³-hybridized carbons (Fsp3) is 0.308. The van der Waals surface area contributed by atoms with Crippen LogP contribution in [-0.2, 0) is 0 Å². The summed E-state index contributed by atoms with van der Waals surface area (Å²) in [6.07, 6.45) is 2.02. The second-order valence-electron chi connectivity index (χ2n) is 4.46. The average molecular weight is 343 g/mol. The van der Waals surface area contributed by atoms with Crippen LogP contribution in [0.2, 0.25) is 0 Å². The summed E-state index contributed by atoms with van der Waals surface area (Å²) in [5, 5.41) is 15.0. The molecule has 0 radical (unpaired) electrons. The Balaban J connectivity index is 0.00000161. The number of unbranched alkanes of at least 4 members (excludes halogenated alkanes) is 1. The second kappa shape index (κ2) is 7.37. The Kier molecular flexibility index (Phi) is 5.77. The molecule has 0 aliphatic heterocycles. The molecule has 0 spiro atoms. The van der Waals surface area contributed by atoms with Crippen LogP contribution in [0.5, 0.6) is 0 Å². The van der Waals surface area contributed by atoms with Crippen molar-refractivity contribution in [3.05, 3.63) is 29.6 Å². The molecule has 3 aromatic heterocycles. The van der Waals surface area contributed by atoms with Gasteiger partial charge in [-0.2, -0.15) is 17.6 Å². The number of hydrogen-bond acceptors (Lipinski definition) is 5. The molecule has 8 heteroatoms. The quantitative estimate of drug-likeness (QED) is 0.523. The zero-order valence-electron chi connectivity index (χ0n) is 11.6. The van der Waals surface area contributed by atoms with Crippen LogP contribution >= 0.6 is 37.0 Å². The first-order chi connectivity index (χ1) is 9.78. The molecular formula is C13H18N4OS3. The van der Waals surface area contributed by atoms with Crippen LogP contribution in [0.25, 0.3) is 21.7 Å². The van der Waals surface area contributed by atoms with E-state index in [0.717, 1.165) is 34.6 Å². The van der Waals surface area contributed by atoms with Gasteiger partial charge in [-0.3, -0.25) is 5.10 Å². The molecule has 21 heavy (non-hydrogen) atoms. The van der Waals surface area contributed by atoms with E-state index in [4.69, 9.17) is 0 Å². The summed E-state index contributed by atoms with van der Waals surface area (Å²) in [7, 11) is 0. The molecule has 3 heterocycles. The maximum absolute atomic E-state index is 9.78. The third kappa shape index (κ3) is 3.64. The van der Waals surface area contributed by atoms with Gasteiger partial charge < -0.3 is 5.21 Å². The third-order valence-corrected chi connectivity index (χ3v) is 4.63. The van der Waals surface area contributed by atoms with Gasteiger partial charge in [0.2, 0.25) is 0 Å². The summed E-state index contributed by atoms with van der Waals surface area (Å²) in [5.41, 5.74) is 2.81. The van der Waals surface area contributed by atoms with Gasteiger partial charge in [-0.15, -0.1) is 15.8 Å². The molecule has 0 fully saturated rings. The van der Waals surface area contributed by atoms with Crippen molar-refractivity contribution in [3.8, 4) is 10.6 Å². The van der Waals surface area contributed by atoms with E-state index < -0.39 is 0 Å². The Bertz CT molecular complexity index is 677. The van der Waals surface area contributed by atoms with Gasteiger partial charge in [-0.25, -0.2) is 4.98 Å². The molecular weight excluding hydrogens is 324 g/mol. The standard InChI is InChI=1S/C13H16N4OS2.H2S/c1-2-3-8-16(18)20-17-13-11(15-17)7-6-10(14-13)12-5-4-9-19-12;/h4-7,9,15,18H,2-3,8H2,1H3;1H2. The summed E-state index contributed by atoms with van der Waals surface area (Å²) in [4.78, 5) is 5.78. The maximum Gasteiger partial charge on any atom is 0.185 e. The van der Waals surface area contributed by atoms with Gasteiger partial charge >= 0.3 is 0 Å². The summed E-state index contributed by atoms with van der Waals surface area (Å²) >= 11 is 2.90. The van der Waals surface area contributed by atoms with Crippen LogP contribution in [0.15, 0.2) is 29.6 Å². The molecule has 3 aromatic rings. The summed E-state index contributed by atoms with van der Waals surface area (Å²) < 4.78 is 3.01. The number of nitrogens with one attached hydrogen (secondary N) is 1. The number of fused-ring (bicyclic) bond motifs is 1. The minimum Gasteiger partial charge on any atom is -0.302 e. The van der Waals surface area contributed by atoms with Crippen molar-refractivity contribution in [1.82, 2.24) is 18.6 Å². The predicted octanol–water partition coefficient (Wildman–Crippen LogP) is 4.11. The first kappa shape index (κ1) is 16.4. The zero-order valence-corrected chi connectivity index (χ0v) is 14.2. The Morgan fingerprint density at radius 1 is 1.43 bits per heavy atom. The van der Waals surface area contributed by atoms with Crippen LogP contribution < -0.4 is 0 Å². The minimum absolute atomic E-state index is 0. The van der Waals surface area contributed by atoms with Gasteiger partial charge in [0.15, 0.2) is 5.65 Å². The summed E-state index contributed by atoms with van der Waals surface area (Å²) in [6.45, 7) is 2.74. The molecule has 5 nitrogen and oxygen atoms in total. The fourth-order valence-electron chi connectivity index (χ4n) is 1.85. The lowest BCUT2D eigenvalue weighted by molar-refractivity contribution is 0.0147. The van der Waals surface area contributed by atoms with Crippen molar-refractivity contribution in [2.24, 2.45) is 0 Å². The minimum atomic E-state index is 0. The SMILES string of the molecule is CCCCN(O)Sn1[nH]c2ccc(-c3cccs3)nc21.S. The fourth-order valence-corrected chi connectivity index (χ4v) is 3.30. The second-order valence-corrected chi connectivity index (χ2v) is 6.36. The Morgan fingerprint density at radius 2 is 2.29 bits per heavy atom. The Labute approximate surface area is 138 Å². The number of aromatic nitrogens is 3. The summed E-state index contributed by atoms with van der Waals surface area (Å²) in [6, 6.07) is 8.10. The zero-order chi connectivity index (χ0) is 13.9. The molecule has 0 aromatic carbocycles. The van der Waals surface area contributed by atoms with Gasteiger partial charge in [-0.05, 0) is 30.0 Å². The molecule has 0 bridgehead atoms. The first-order valence-corrected chi connectivity index (χ1v) is 8.15. The van der Waals surface area contributed by atoms with Crippen LogP contribution in [-0.4, -0.2) is 30.4 Å². The van der Waals surface area contributed by atoms with Gasteiger partial charge in [0.25, 0.3) is 0 Å². The number of aromatic amines is 1. The van der Waals surface area contributed by atoms with E-state index in [9.17, 15) is 5.21 Å². The maximum atomic E-state index is 9.78. The highest BCUT2D eigenvalue weighted by Crippen LogP contribution is 2.27. The number of thiophene rings is 1. The first-order valence-electron chi connectivity index (χ1n) is 6.54. The smallest absolute Gasteiger partial charge is 0.185 e. The van der Waals surface area contributed by atoms with E-state index in [1.165, 1.54) is 16.6 Å². The normalized spacial score (nSPS) is 11.2. The van der Waals surface area contributed by atoms with E-state index in [1.807, 2.05) is 23.6 Å². The average Bonchev–Trinajstić information content (AvgIpc) is 2.96. The van der Waals surface area contributed by atoms with E-state index in [2.05, 4.69) is 23.1 Å². The largest absolute Gasteiger partial charge is 0.302 e. The molecule has 0 aliphatic carbocycles. The lowest BCUT2D eigenvalue weighted by Crippen LogP contribution is -2.18. The highest BCUT2D eigenvalue weighted by Gasteiger charge is 2.13. The van der Waals surface area contributed by atoms with E-state index in [-0.39, 0.29) is 13.5 Å². The molecule has 0 atom stereocenters. The van der Waals surface area contributed by atoms with Gasteiger partial charge in [-0.1, -0.05) is 19.4 Å². The van der Waals surface area contributed by atoms with E-state index >= 15 is 0 Å².